The van der Waals surface area contributed by atoms with Crippen LogP contribution < -0.4 is 5.32 Å². The standard InChI is InChI=1S/C13H23N5/c1-11-12(8-15-16-11)9-17-5-2-13(10-17)18-6-3-14-4-7-18/h8,13-14H,2-7,9-10H2,1H3,(H,15,16). The van der Waals surface area contributed by atoms with Gasteiger partial charge in [-0.15, -0.1) is 0 Å². The van der Waals surface area contributed by atoms with E-state index < -0.39 is 0 Å². The number of hydrogen-bond donors (Lipinski definition) is 2. The van der Waals surface area contributed by atoms with Crippen LogP contribution in [-0.4, -0.2) is 65.3 Å². The Bertz CT molecular complexity index is 382. The molecule has 2 aliphatic heterocycles. The molecule has 2 fully saturated rings. The Morgan fingerprint density at radius 2 is 2.17 bits per heavy atom. The Labute approximate surface area is 109 Å². The fraction of sp³-hybridized carbons (Fsp3) is 0.769. The van der Waals surface area contributed by atoms with Crippen LogP contribution in [0.1, 0.15) is 17.7 Å². The molecule has 1 aromatic heterocycles. The Morgan fingerprint density at radius 1 is 1.33 bits per heavy atom. The third-order valence-electron chi connectivity index (χ3n) is 4.24. The highest BCUT2D eigenvalue weighted by molar-refractivity contribution is 5.14. The number of likely N-dealkylation sites (tertiary alicyclic amines) is 1. The van der Waals surface area contributed by atoms with Gasteiger partial charge in [0.2, 0.25) is 0 Å². The van der Waals surface area contributed by atoms with Crippen LogP contribution in [0, 0.1) is 6.92 Å². The maximum atomic E-state index is 4.10. The van der Waals surface area contributed by atoms with Crippen molar-refractivity contribution < 1.29 is 0 Å². The molecule has 100 valence electrons. The van der Waals surface area contributed by atoms with Gasteiger partial charge in [0.25, 0.3) is 0 Å². The second-order valence-electron chi connectivity index (χ2n) is 5.48. The monoisotopic (exact) mass is 249 g/mol. The van der Waals surface area contributed by atoms with Crippen molar-refractivity contribution in [2.24, 2.45) is 0 Å². The number of piperazine rings is 1. The number of rotatable bonds is 3. The van der Waals surface area contributed by atoms with Gasteiger partial charge in [0.05, 0.1) is 6.20 Å². The zero-order valence-corrected chi connectivity index (χ0v) is 11.2. The van der Waals surface area contributed by atoms with Crippen LogP contribution in [0.4, 0.5) is 0 Å². The van der Waals surface area contributed by atoms with Crippen molar-refractivity contribution in [1.29, 1.82) is 0 Å². The third kappa shape index (κ3) is 2.58. The van der Waals surface area contributed by atoms with Gasteiger partial charge in [0, 0.05) is 63.1 Å². The molecule has 0 saturated carbocycles. The van der Waals surface area contributed by atoms with Crippen LogP contribution in [-0.2, 0) is 6.54 Å². The summed E-state index contributed by atoms with van der Waals surface area (Å²) < 4.78 is 0. The molecular weight excluding hydrogens is 226 g/mol. The van der Waals surface area contributed by atoms with E-state index in [2.05, 4.69) is 32.2 Å². The second-order valence-corrected chi connectivity index (χ2v) is 5.48. The molecule has 0 aliphatic carbocycles. The van der Waals surface area contributed by atoms with Gasteiger partial charge in [-0.2, -0.15) is 5.10 Å². The Hall–Kier alpha value is -0.910. The summed E-state index contributed by atoms with van der Waals surface area (Å²) in [7, 11) is 0. The molecule has 0 spiro atoms. The summed E-state index contributed by atoms with van der Waals surface area (Å²) in [6, 6.07) is 0.763. The van der Waals surface area contributed by atoms with Crippen LogP contribution in [0.25, 0.3) is 0 Å². The average Bonchev–Trinajstić information content (AvgIpc) is 3.02. The maximum absolute atomic E-state index is 4.10. The fourth-order valence-electron chi connectivity index (χ4n) is 3.08. The number of hydrogen-bond acceptors (Lipinski definition) is 4. The lowest BCUT2D eigenvalue weighted by Crippen LogP contribution is -2.49. The summed E-state index contributed by atoms with van der Waals surface area (Å²) in [6.07, 6.45) is 3.28. The van der Waals surface area contributed by atoms with Crippen molar-refractivity contribution in [3.05, 3.63) is 17.5 Å². The Kier molecular flexibility index (Phi) is 3.63. The molecule has 1 unspecified atom stereocenters. The molecule has 3 heterocycles. The quantitative estimate of drug-likeness (QED) is 0.803. The van der Waals surface area contributed by atoms with E-state index >= 15 is 0 Å². The van der Waals surface area contributed by atoms with Gasteiger partial charge in [-0.25, -0.2) is 0 Å². The van der Waals surface area contributed by atoms with Crippen LogP contribution in [0.3, 0.4) is 0 Å². The molecule has 2 aliphatic rings. The first-order valence-electron chi connectivity index (χ1n) is 6.99. The van der Waals surface area contributed by atoms with E-state index in [4.69, 9.17) is 0 Å². The molecule has 2 N–H and O–H groups in total. The summed E-state index contributed by atoms with van der Waals surface area (Å²) in [6.45, 7) is 10.3. The van der Waals surface area contributed by atoms with Crippen molar-refractivity contribution in [3.63, 3.8) is 0 Å². The SMILES string of the molecule is Cc1[nH]ncc1CN1CCC(N2CCNCC2)C1. The summed E-state index contributed by atoms with van der Waals surface area (Å²) >= 11 is 0. The smallest absolute Gasteiger partial charge is 0.0535 e. The average molecular weight is 249 g/mol. The van der Waals surface area contributed by atoms with Crippen molar-refractivity contribution in [2.45, 2.75) is 25.9 Å². The zero-order valence-electron chi connectivity index (χ0n) is 11.2. The zero-order chi connectivity index (χ0) is 12.4. The molecule has 0 bridgehead atoms. The van der Waals surface area contributed by atoms with Crippen LogP contribution in [0.2, 0.25) is 0 Å². The molecule has 18 heavy (non-hydrogen) atoms. The maximum Gasteiger partial charge on any atom is 0.0535 e. The highest BCUT2D eigenvalue weighted by Crippen LogP contribution is 2.19. The van der Waals surface area contributed by atoms with Gasteiger partial charge < -0.3 is 5.32 Å². The highest BCUT2D eigenvalue weighted by atomic mass is 15.3. The summed E-state index contributed by atoms with van der Waals surface area (Å²) in [5.41, 5.74) is 2.55. The number of nitrogens with one attached hydrogen (secondary N) is 2. The van der Waals surface area contributed by atoms with E-state index in [9.17, 15) is 0 Å². The van der Waals surface area contributed by atoms with Crippen LogP contribution in [0.15, 0.2) is 6.20 Å². The first kappa shape index (κ1) is 12.1. The topological polar surface area (TPSA) is 47.2 Å². The number of aromatic nitrogens is 2. The largest absolute Gasteiger partial charge is 0.314 e. The molecule has 0 aromatic carbocycles. The molecule has 2 saturated heterocycles. The predicted octanol–water partition coefficient (Wildman–Crippen LogP) is 0.198. The number of aromatic amines is 1. The molecule has 0 radical (unpaired) electrons. The van der Waals surface area contributed by atoms with Gasteiger partial charge in [-0.3, -0.25) is 14.9 Å². The lowest BCUT2D eigenvalue weighted by Gasteiger charge is -2.32. The van der Waals surface area contributed by atoms with E-state index in [1.54, 1.807) is 0 Å². The van der Waals surface area contributed by atoms with Crippen molar-refractivity contribution in [3.8, 4) is 0 Å². The highest BCUT2D eigenvalue weighted by Gasteiger charge is 2.28. The number of H-pyrrole nitrogens is 1. The number of aryl methyl sites for hydroxylation is 1. The van der Waals surface area contributed by atoms with E-state index in [1.165, 1.54) is 43.9 Å². The summed E-state index contributed by atoms with van der Waals surface area (Å²) in [4.78, 5) is 5.21. The van der Waals surface area contributed by atoms with Gasteiger partial charge >= 0.3 is 0 Å². The van der Waals surface area contributed by atoms with Gasteiger partial charge in [0.1, 0.15) is 0 Å². The van der Waals surface area contributed by atoms with E-state index in [-0.39, 0.29) is 0 Å². The lowest BCUT2D eigenvalue weighted by atomic mass is 10.2. The van der Waals surface area contributed by atoms with Crippen molar-refractivity contribution in [1.82, 2.24) is 25.3 Å². The van der Waals surface area contributed by atoms with E-state index in [0.717, 1.165) is 25.7 Å². The molecule has 3 rings (SSSR count). The third-order valence-corrected chi connectivity index (χ3v) is 4.24. The van der Waals surface area contributed by atoms with Crippen LogP contribution in [0.5, 0.6) is 0 Å². The molecule has 0 amide bonds. The minimum atomic E-state index is 0.763. The predicted molar refractivity (Wildman–Crippen MR) is 71.4 cm³/mol. The Morgan fingerprint density at radius 3 is 2.89 bits per heavy atom. The first-order chi connectivity index (χ1) is 8.83. The summed E-state index contributed by atoms with van der Waals surface area (Å²) in [5, 5.41) is 10.5. The second kappa shape index (κ2) is 5.38. The van der Waals surface area contributed by atoms with Crippen molar-refractivity contribution >= 4 is 0 Å². The lowest BCUT2D eigenvalue weighted by molar-refractivity contribution is 0.170. The fourth-order valence-corrected chi connectivity index (χ4v) is 3.08. The molecule has 1 aromatic rings. The molecular formula is C13H23N5. The molecule has 1 atom stereocenters. The first-order valence-corrected chi connectivity index (χ1v) is 6.99. The molecule has 5 nitrogen and oxygen atoms in total. The van der Waals surface area contributed by atoms with E-state index in [1.807, 2.05) is 6.20 Å². The minimum Gasteiger partial charge on any atom is -0.314 e. The van der Waals surface area contributed by atoms with Gasteiger partial charge in [-0.05, 0) is 13.3 Å². The van der Waals surface area contributed by atoms with Crippen LogP contribution >= 0.6 is 0 Å². The van der Waals surface area contributed by atoms with Gasteiger partial charge in [-0.1, -0.05) is 0 Å². The minimum absolute atomic E-state index is 0.763. The van der Waals surface area contributed by atoms with E-state index in [0.29, 0.717) is 0 Å². The Balaban J connectivity index is 1.53. The summed E-state index contributed by atoms with van der Waals surface area (Å²) in [5.74, 6) is 0. The molecule has 5 heteroatoms. The normalized spacial score (nSPS) is 26.8. The number of nitrogens with zero attached hydrogens (tertiary/aromatic N) is 3. The van der Waals surface area contributed by atoms with Crippen molar-refractivity contribution in [2.75, 3.05) is 39.3 Å². The van der Waals surface area contributed by atoms with Gasteiger partial charge in [0.15, 0.2) is 0 Å².